The number of aromatic nitrogens is 6. The fraction of sp³-hybridized carbons (Fsp3) is 0.308. The molecular weight excluding hydrogens is 438 g/mol. The SMILES string of the molecule is CN(C)Cc1cncc(-c2ccc3[nH]nc(-c4cc5c(N6CCN(C)CC6)cncc5[nH]4)c3n2)c1. The van der Waals surface area contributed by atoms with Crippen LogP contribution in [0.4, 0.5) is 5.69 Å². The molecule has 1 aliphatic rings. The number of hydrogen-bond donors (Lipinski definition) is 2. The first-order valence-corrected chi connectivity index (χ1v) is 11.9. The highest BCUT2D eigenvalue weighted by Gasteiger charge is 2.20. The van der Waals surface area contributed by atoms with Crippen LogP contribution in [0, 0.1) is 0 Å². The van der Waals surface area contributed by atoms with E-state index in [1.807, 2.05) is 36.9 Å². The Morgan fingerprint density at radius 2 is 1.77 bits per heavy atom. The van der Waals surface area contributed by atoms with Gasteiger partial charge in [0, 0.05) is 56.1 Å². The van der Waals surface area contributed by atoms with Crippen LogP contribution in [0.15, 0.2) is 49.1 Å². The predicted molar refractivity (Wildman–Crippen MR) is 139 cm³/mol. The molecule has 0 radical (unpaired) electrons. The predicted octanol–water partition coefficient (Wildman–Crippen LogP) is 3.38. The minimum atomic E-state index is 0.805. The topological polar surface area (TPSA) is 92.9 Å². The van der Waals surface area contributed by atoms with E-state index in [2.05, 4.69) is 73.1 Å². The Morgan fingerprint density at radius 3 is 2.60 bits per heavy atom. The maximum atomic E-state index is 4.99. The molecule has 0 unspecified atom stereocenters. The molecule has 0 aromatic carbocycles. The average molecular weight is 468 g/mol. The minimum absolute atomic E-state index is 0.805. The van der Waals surface area contributed by atoms with E-state index in [1.54, 1.807) is 0 Å². The van der Waals surface area contributed by atoms with Gasteiger partial charge in [-0.1, -0.05) is 0 Å². The second kappa shape index (κ2) is 8.75. The van der Waals surface area contributed by atoms with E-state index in [0.717, 1.165) is 88.6 Å². The van der Waals surface area contributed by atoms with Crippen molar-refractivity contribution < 1.29 is 0 Å². The lowest BCUT2D eigenvalue weighted by Crippen LogP contribution is -2.44. The molecule has 0 amide bonds. The van der Waals surface area contributed by atoms with Gasteiger partial charge in [-0.15, -0.1) is 0 Å². The summed E-state index contributed by atoms with van der Waals surface area (Å²) in [4.78, 5) is 24.4. The van der Waals surface area contributed by atoms with Gasteiger partial charge in [0.2, 0.25) is 0 Å². The van der Waals surface area contributed by atoms with Crippen molar-refractivity contribution in [3.8, 4) is 22.6 Å². The van der Waals surface area contributed by atoms with Gasteiger partial charge in [-0.3, -0.25) is 15.1 Å². The van der Waals surface area contributed by atoms with Crippen LogP contribution in [0.1, 0.15) is 5.56 Å². The highest BCUT2D eigenvalue weighted by Crippen LogP contribution is 2.33. The smallest absolute Gasteiger partial charge is 0.135 e. The standard InChI is InChI=1S/C26H29N9/c1-33(2)16-17-10-18(13-27-12-17)20-4-5-21-25(30-20)26(32-31-21)22-11-19-23(29-22)14-28-15-24(19)35-8-6-34(3)7-9-35/h4-5,10-15,29H,6-9,16H2,1-3H3,(H,31,32). The number of piperazine rings is 1. The number of aromatic amines is 2. The van der Waals surface area contributed by atoms with Gasteiger partial charge in [0.15, 0.2) is 0 Å². The van der Waals surface area contributed by atoms with Crippen LogP contribution < -0.4 is 4.90 Å². The third-order valence-electron chi connectivity index (χ3n) is 6.62. The number of fused-ring (bicyclic) bond motifs is 2. The zero-order valence-corrected chi connectivity index (χ0v) is 20.3. The van der Waals surface area contributed by atoms with Gasteiger partial charge >= 0.3 is 0 Å². The number of H-pyrrole nitrogens is 2. The first-order chi connectivity index (χ1) is 17.0. The molecule has 0 atom stereocenters. The quantitative estimate of drug-likeness (QED) is 0.409. The van der Waals surface area contributed by atoms with Gasteiger partial charge in [-0.25, -0.2) is 4.98 Å². The molecule has 0 saturated carbocycles. The largest absolute Gasteiger partial charge is 0.367 e. The van der Waals surface area contributed by atoms with E-state index in [9.17, 15) is 0 Å². The van der Waals surface area contributed by atoms with Crippen molar-refractivity contribution in [1.82, 2.24) is 39.9 Å². The third kappa shape index (κ3) is 4.13. The second-order valence-corrected chi connectivity index (χ2v) is 9.58. The van der Waals surface area contributed by atoms with E-state index >= 15 is 0 Å². The first-order valence-electron chi connectivity index (χ1n) is 11.9. The molecule has 0 bridgehead atoms. The summed E-state index contributed by atoms with van der Waals surface area (Å²) < 4.78 is 0. The molecule has 1 fully saturated rings. The second-order valence-electron chi connectivity index (χ2n) is 9.58. The van der Waals surface area contributed by atoms with E-state index in [4.69, 9.17) is 4.98 Å². The maximum Gasteiger partial charge on any atom is 0.135 e. The van der Waals surface area contributed by atoms with Crippen molar-refractivity contribution in [2.24, 2.45) is 0 Å². The van der Waals surface area contributed by atoms with Gasteiger partial charge in [-0.2, -0.15) is 5.10 Å². The zero-order valence-electron chi connectivity index (χ0n) is 20.3. The van der Waals surface area contributed by atoms with E-state index in [0.29, 0.717) is 0 Å². The number of hydrogen-bond acceptors (Lipinski definition) is 7. The van der Waals surface area contributed by atoms with Gasteiger partial charge in [0.05, 0.1) is 40.5 Å². The lowest BCUT2D eigenvalue weighted by Gasteiger charge is -2.34. The Hall–Kier alpha value is -3.82. The summed E-state index contributed by atoms with van der Waals surface area (Å²) in [6.07, 6.45) is 7.62. The first kappa shape index (κ1) is 21.7. The molecule has 1 saturated heterocycles. The molecule has 2 N–H and O–H groups in total. The van der Waals surface area contributed by atoms with Gasteiger partial charge in [-0.05, 0) is 51.0 Å². The van der Waals surface area contributed by atoms with Crippen molar-refractivity contribution in [1.29, 1.82) is 0 Å². The monoisotopic (exact) mass is 467 g/mol. The summed E-state index contributed by atoms with van der Waals surface area (Å²) in [5, 5.41) is 8.93. The van der Waals surface area contributed by atoms with Crippen molar-refractivity contribution in [3.63, 3.8) is 0 Å². The zero-order chi connectivity index (χ0) is 23.9. The number of rotatable bonds is 5. The van der Waals surface area contributed by atoms with Crippen LogP contribution in [0.25, 0.3) is 44.6 Å². The van der Waals surface area contributed by atoms with Crippen LogP contribution in [0.3, 0.4) is 0 Å². The van der Waals surface area contributed by atoms with Crippen molar-refractivity contribution in [3.05, 3.63) is 54.6 Å². The molecule has 5 aromatic heterocycles. The highest BCUT2D eigenvalue weighted by molar-refractivity contribution is 5.98. The Bertz CT molecular complexity index is 1490. The molecule has 0 aliphatic carbocycles. The molecule has 35 heavy (non-hydrogen) atoms. The van der Waals surface area contributed by atoms with E-state index in [-0.39, 0.29) is 0 Å². The molecule has 0 spiro atoms. The van der Waals surface area contributed by atoms with Crippen LogP contribution in [0.5, 0.6) is 0 Å². The van der Waals surface area contributed by atoms with Crippen LogP contribution in [-0.4, -0.2) is 87.3 Å². The van der Waals surface area contributed by atoms with Gasteiger partial charge in [0.25, 0.3) is 0 Å². The van der Waals surface area contributed by atoms with Gasteiger partial charge in [0.1, 0.15) is 11.2 Å². The summed E-state index contributed by atoms with van der Waals surface area (Å²) in [5.41, 5.74) is 8.67. The summed E-state index contributed by atoms with van der Waals surface area (Å²) in [6.45, 7) is 4.92. The van der Waals surface area contributed by atoms with Crippen LogP contribution in [0.2, 0.25) is 0 Å². The van der Waals surface area contributed by atoms with Crippen molar-refractivity contribution in [2.75, 3.05) is 52.2 Å². The number of nitrogens with zero attached hydrogens (tertiary/aromatic N) is 7. The Balaban J connectivity index is 1.39. The summed E-state index contributed by atoms with van der Waals surface area (Å²) >= 11 is 0. The Labute approximate surface area is 203 Å². The third-order valence-corrected chi connectivity index (χ3v) is 6.62. The summed E-state index contributed by atoms with van der Waals surface area (Å²) in [5.74, 6) is 0. The summed E-state index contributed by atoms with van der Waals surface area (Å²) in [6, 6.07) is 8.37. The molecule has 6 heterocycles. The molecule has 1 aliphatic heterocycles. The lowest BCUT2D eigenvalue weighted by molar-refractivity contribution is 0.313. The normalized spacial score (nSPS) is 15.0. The summed E-state index contributed by atoms with van der Waals surface area (Å²) in [7, 11) is 6.28. The lowest BCUT2D eigenvalue weighted by atomic mass is 10.1. The number of pyridine rings is 3. The Kier molecular flexibility index (Phi) is 5.43. The number of anilines is 1. The molecule has 6 rings (SSSR count). The molecular formula is C26H29N9. The van der Waals surface area contributed by atoms with E-state index in [1.165, 1.54) is 0 Å². The fourth-order valence-electron chi connectivity index (χ4n) is 4.79. The van der Waals surface area contributed by atoms with Crippen molar-refractivity contribution in [2.45, 2.75) is 6.54 Å². The Morgan fingerprint density at radius 1 is 0.943 bits per heavy atom. The number of likely N-dealkylation sites (N-methyl/N-ethyl adjacent to an activating group) is 1. The van der Waals surface area contributed by atoms with Crippen LogP contribution in [-0.2, 0) is 6.54 Å². The molecule has 5 aromatic rings. The average Bonchev–Trinajstić information content (AvgIpc) is 3.48. The molecule has 178 valence electrons. The van der Waals surface area contributed by atoms with Gasteiger partial charge < -0.3 is 19.7 Å². The molecule has 9 nitrogen and oxygen atoms in total. The molecule has 9 heteroatoms. The maximum absolute atomic E-state index is 4.99. The van der Waals surface area contributed by atoms with E-state index < -0.39 is 0 Å². The highest BCUT2D eigenvalue weighted by atomic mass is 15.3. The fourth-order valence-corrected chi connectivity index (χ4v) is 4.79. The minimum Gasteiger partial charge on any atom is -0.367 e. The van der Waals surface area contributed by atoms with Crippen molar-refractivity contribution >= 4 is 27.6 Å². The number of nitrogens with one attached hydrogen (secondary N) is 2. The van der Waals surface area contributed by atoms with Crippen LogP contribution >= 0.6 is 0 Å².